The molecule has 6 nitrogen and oxygen atoms in total. The second-order valence-electron chi connectivity index (χ2n) is 3.49. The second-order valence-corrected chi connectivity index (χ2v) is 3.49. The van der Waals surface area contributed by atoms with Gasteiger partial charge in [0.2, 0.25) is 0 Å². The van der Waals surface area contributed by atoms with Gasteiger partial charge in [0.05, 0.1) is 19.1 Å². The Morgan fingerprint density at radius 2 is 2.24 bits per heavy atom. The second kappa shape index (κ2) is 5.95. The number of nitrogens with zero attached hydrogens (tertiary/aromatic N) is 1. The number of hydrogen-bond donors (Lipinski definition) is 2. The molecule has 0 bridgehead atoms. The molecule has 0 radical (unpaired) electrons. The quantitative estimate of drug-likeness (QED) is 0.719. The molecule has 0 spiro atoms. The van der Waals surface area contributed by atoms with Crippen LogP contribution in [-0.4, -0.2) is 35.7 Å². The molecule has 1 heterocycles. The number of carbonyl (C=O) groups is 2. The lowest BCUT2D eigenvalue weighted by Gasteiger charge is -2.11. The van der Waals surface area contributed by atoms with Crippen molar-refractivity contribution in [1.29, 1.82) is 0 Å². The van der Waals surface area contributed by atoms with Crippen molar-refractivity contribution in [1.82, 2.24) is 4.98 Å². The van der Waals surface area contributed by atoms with E-state index in [4.69, 9.17) is 10.8 Å². The predicted octanol–water partition coefficient (Wildman–Crippen LogP) is 0.385. The first-order valence-corrected chi connectivity index (χ1v) is 5.04. The van der Waals surface area contributed by atoms with Crippen molar-refractivity contribution in [3.05, 3.63) is 29.6 Å². The summed E-state index contributed by atoms with van der Waals surface area (Å²) in [7, 11) is 1.28. The van der Waals surface area contributed by atoms with Crippen LogP contribution < -0.4 is 5.73 Å². The predicted molar refractivity (Wildman–Crippen MR) is 59.6 cm³/mol. The van der Waals surface area contributed by atoms with Gasteiger partial charge in [0.15, 0.2) is 0 Å². The number of aromatic nitrogens is 1. The van der Waals surface area contributed by atoms with Crippen LogP contribution in [0.2, 0.25) is 0 Å². The van der Waals surface area contributed by atoms with Gasteiger partial charge >= 0.3 is 11.9 Å². The first-order chi connectivity index (χ1) is 8.08. The monoisotopic (exact) mass is 238 g/mol. The van der Waals surface area contributed by atoms with Crippen LogP contribution in [-0.2, 0) is 9.53 Å². The van der Waals surface area contributed by atoms with Crippen LogP contribution in [0.25, 0.3) is 0 Å². The third-order valence-electron chi connectivity index (χ3n) is 2.33. The first kappa shape index (κ1) is 13.1. The van der Waals surface area contributed by atoms with Crippen molar-refractivity contribution in [2.24, 2.45) is 5.73 Å². The Morgan fingerprint density at radius 1 is 1.53 bits per heavy atom. The fourth-order valence-corrected chi connectivity index (χ4v) is 1.40. The fourth-order valence-electron chi connectivity index (χ4n) is 1.40. The van der Waals surface area contributed by atoms with E-state index in [1.807, 2.05) is 0 Å². The molecule has 92 valence electrons. The number of hydrogen-bond acceptors (Lipinski definition) is 5. The molecule has 1 unspecified atom stereocenters. The van der Waals surface area contributed by atoms with Crippen molar-refractivity contribution >= 4 is 11.9 Å². The molecular formula is C11H14N2O4. The van der Waals surface area contributed by atoms with E-state index >= 15 is 0 Å². The average Bonchev–Trinajstić information content (AvgIpc) is 2.35. The Bertz CT molecular complexity index is 402. The van der Waals surface area contributed by atoms with Crippen LogP contribution in [0.4, 0.5) is 0 Å². The van der Waals surface area contributed by atoms with E-state index in [2.05, 4.69) is 9.72 Å². The number of ether oxygens (including phenoxy) is 1. The van der Waals surface area contributed by atoms with E-state index in [0.717, 1.165) is 0 Å². The molecular weight excluding hydrogens is 224 g/mol. The van der Waals surface area contributed by atoms with Gasteiger partial charge in [-0.3, -0.25) is 9.78 Å². The van der Waals surface area contributed by atoms with E-state index in [1.165, 1.54) is 13.3 Å². The van der Waals surface area contributed by atoms with Crippen LogP contribution >= 0.6 is 0 Å². The largest absolute Gasteiger partial charge is 0.481 e. The van der Waals surface area contributed by atoms with E-state index < -0.39 is 11.9 Å². The van der Waals surface area contributed by atoms with Crippen LogP contribution in [0, 0.1) is 0 Å². The maximum absolute atomic E-state index is 11.2. The maximum Gasteiger partial charge on any atom is 0.339 e. The Balaban J connectivity index is 2.84. The van der Waals surface area contributed by atoms with Crippen molar-refractivity contribution in [3.63, 3.8) is 0 Å². The van der Waals surface area contributed by atoms with E-state index in [-0.39, 0.29) is 18.9 Å². The van der Waals surface area contributed by atoms with Crippen LogP contribution in [0.5, 0.6) is 0 Å². The molecule has 0 saturated heterocycles. The summed E-state index contributed by atoms with van der Waals surface area (Å²) < 4.78 is 4.53. The van der Waals surface area contributed by atoms with Crippen LogP contribution in [0.1, 0.15) is 28.4 Å². The summed E-state index contributed by atoms with van der Waals surface area (Å²) in [5, 5.41) is 8.70. The van der Waals surface area contributed by atoms with Gasteiger partial charge < -0.3 is 15.6 Å². The number of aliphatic carboxylic acids is 1. The highest BCUT2D eigenvalue weighted by molar-refractivity contribution is 5.88. The highest BCUT2D eigenvalue weighted by Gasteiger charge is 2.16. The molecule has 0 aliphatic carbocycles. The lowest BCUT2D eigenvalue weighted by atomic mass is 10.0. The Labute approximate surface area is 98.4 Å². The number of nitrogens with two attached hydrogens (primary N) is 1. The minimum Gasteiger partial charge on any atom is -0.481 e. The van der Waals surface area contributed by atoms with E-state index in [1.54, 1.807) is 12.1 Å². The molecule has 1 aromatic rings. The lowest BCUT2D eigenvalue weighted by Crippen LogP contribution is -2.17. The minimum absolute atomic E-state index is 0.0823. The molecule has 17 heavy (non-hydrogen) atoms. The number of pyridine rings is 1. The SMILES string of the molecule is COC(=O)c1ccc(C(CN)CC(=O)O)nc1. The third-order valence-corrected chi connectivity index (χ3v) is 2.33. The normalized spacial score (nSPS) is 11.9. The van der Waals surface area contributed by atoms with Gasteiger partial charge in [-0.15, -0.1) is 0 Å². The van der Waals surface area contributed by atoms with Gasteiger partial charge in [-0.2, -0.15) is 0 Å². The molecule has 0 amide bonds. The third kappa shape index (κ3) is 3.53. The molecule has 1 aromatic heterocycles. The van der Waals surface area contributed by atoms with Crippen molar-refractivity contribution in [2.45, 2.75) is 12.3 Å². The van der Waals surface area contributed by atoms with Crippen molar-refractivity contribution in [2.75, 3.05) is 13.7 Å². The summed E-state index contributed by atoms with van der Waals surface area (Å²) in [4.78, 5) is 25.8. The lowest BCUT2D eigenvalue weighted by molar-refractivity contribution is -0.137. The number of rotatable bonds is 5. The Hall–Kier alpha value is -1.95. The molecule has 3 N–H and O–H groups in total. The van der Waals surface area contributed by atoms with E-state index in [9.17, 15) is 9.59 Å². The summed E-state index contributed by atoms with van der Waals surface area (Å²) >= 11 is 0. The Kier molecular flexibility index (Phi) is 4.59. The molecule has 1 atom stereocenters. The van der Waals surface area contributed by atoms with E-state index in [0.29, 0.717) is 11.3 Å². The zero-order valence-corrected chi connectivity index (χ0v) is 9.42. The standard InChI is InChI=1S/C11H14N2O4/c1-17-11(16)7-2-3-9(13-6-7)8(5-12)4-10(14)15/h2-3,6,8H,4-5,12H2,1H3,(H,14,15). The summed E-state index contributed by atoms with van der Waals surface area (Å²) in [6.45, 7) is 0.191. The number of methoxy groups -OCH3 is 1. The topological polar surface area (TPSA) is 103 Å². The first-order valence-electron chi connectivity index (χ1n) is 5.04. The number of carbonyl (C=O) groups excluding carboxylic acids is 1. The highest BCUT2D eigenvalue weighted by Crippen LogP contribution is 2.16. The number of esters is 1. The van der Waals surface area contributed by atoms with Gasteiger partial charge in [0.25, 0.3) is 0 Å². The number of carboxylic acids is 1. The van der Waals surface area contributed by atoms with Crippen LogP contribution in [0.3, 0.4) is 0 Å². The van der Waals surface area contributed by atoms with Gasteiger partial charge in [-0.1, -0.05) is 0 Å². The molecule has 0 aliphatic rings. The molecule has 0 aromatic carbocycles. The highest BCUT2D eigenvalue weighted by atomic mass is 16.5. The minimum atomic E-state index is -0.931. The smallest absolute Gasteiger partial charge is 0.339 e. The van der Waals surface area contributed by atoms with Gasteiger partial charge in [0.1, 0.15) is 0 Å². The zero-order chi connectivity index (χ0) is 12.8. The maximum atomic E-state index is 11.2. The zero-order valence-electron chi connectivity index (χ0n) is 9.42. The molecule has 0 saturated carbocycles. The number of carboxylic acid groups (broad SMARTS) is 1. The van der Waals surface area contributed by atoms with Crippen LogP contribution in [0.15, 0.2) is 18.3 Å². The van der Waals surface area contributed by atoms with Gasteiger partial charge in [-0.25, -0.2) is 4.79 Å². The Morgan fingerprint density at radius 3 is 2.65 bits per heavy atom. The van der Waals surface area contributed by atoms with Gasteiger partial charge in [0, 0.05) is 24.4 Å². The van der Waals surface area contributed by atoms with Crippen molar-refractivity contribution in [3.8, 4) is 0 Å². The summed E-state index contributed by atoms with van der Waals surface area (Å²) in [6, 6.07) is 3.13. The van der Waals surface area contributed by atoms with Crippen molar-refractivity contribution < 1.29 is 19.4 Å². The molecule has 1 rings (SSSR count). The molecule has 0 fully saturated rings. The fraction of sp³-hybridized carbons (Fsp3) is 0.364. The van der Waals surface area contributed by atoms with Gasteiger partial charge in [-0.05, 0) is 12.1 Å². The summed E-state index contributed by atoms with van der Waals surface area (Å²) in [5.74, 6) is -1.76. The molecule has 0 aliphatic heterocycles. The summed E-state index contributed by atoms with van der Waals surface area (Å²) in [6.07, 6.45) is 1.27. The molecule has 6 heteroatoms. The summed E-state index contributed by atoms with van der Waals surface area (Å²) in [5.41, 5.74) is 6.36. The average molecular weight is 238 g/mol.